The minimum atomic E-state index is -0.482. The molecular weight excluding hydrogens is 448 g/mol. The van der Waals surface area contributed by atoms with Crippen molar-refractivity contribution in [1.29, 1.82) is 0 Å². The number of hydrogen-bond acceptors (Lipinski definition) is 4. The van der Waals surface area contributed by atoms with Crippen molar-refractivity contribution in [2.75, 3.05) is 0 Å². The topological polar surface area (TPSA) is 71.3 Å². The molecule has 1 aliphatic heterocycles. The Morgan fingerprint density at radius 2 is 1.79 bits per heavy atom. The van der Waals surface area contributed by atoms with Gasteiger partial charge in [0.2, 0.25) is 5.82 Å². The van der Waals surface area contributed by atoms with Gasteiger partial charge in [-0.2, -0.15) is 4.98 Å². The van der Waals surface area contributed by atoms with Crippen LogP contribution in [0.5, 0.6) is 0 Å². The van der Waals surface area contributed by atoms with Crippen LogP contribution in [0, 0.1) is 6.92 Å². The highest BCUT2D eigenvalue weighted by Crippen LogP contribution is 2.38. The maximum absolute atomic E-state index is 13.2. The summed E-state index contributed by atoms with van der Waals surface area (Å²) in [7, 11) is 0. The van der Waals surface area contributed by atoms with E-state index in [1.165, 1.54) is 0 Å². The average Bonchev–Trinajstić information content (AvgIpc) is 3.32. The molecule has 2 amide bonds. The molecule has 4 aromatic rings. The molecule has 3 aromatic carbocycles. The van der Waals surface area contributed by atoms with Crippen molar-refractivity contribution in [3.05, 3.63) is 112 Å². The number of carbonyl (C=O) groups excluding carboxylic acids is 1. The minimum absolute atomic E-state index is 0.199. The molecule has 0 saturated carbocycles. The van der Waals surface area contributed by atoms with Crippen LogP contribution in [0.25, 0.3) is 17.0 Å². The van der Waals surface area contributed by atoms with Crippen molar-refractivity contribution in [3.63, 3.8) is 0 Å². The molecule has 6 nitrogen and oxygen atoms in total. The summed E-state index contributed by atoms with van der Waals surface area (Å²) in [6.45, 7) is 4.37. The van der Waals surface area contributed by atoms with Gasteiger partial charge in [-0.25, -0.2) is 4.79 Å². The molecule has 1 aromatic heterocycles. The molecule has 0 saturated heterocycles. The van der Waals surface area contributed by atoms with Gasteiger partial charge in [0.1, 0.15) is 0 Å². The van der Waals surface area contributed by atoms with Crippen molar-refractivity contribution >= 4 is 23.2 Å². The van der Waals surface area contributed by atoms with Crippen LogP contribution < -0.4 is 5.32 Å². The lowest BCUT2D eigenvalue weighted by Gasteiger charge is -2.35. The molecule has 2 heterocycles. The number of amides is 2. The highest BCUT2D eigenvalue weighted by molar-refractivity contribution is 6.30. The van der Waals surface area contributed by atoms with Crippen LogP contribution in [0.2, 0.25) is 5.02 Å². The fourth-order valence-electron chi connectivity index (χ4n) is 4.22. The third kappa shape index (κ3) is 4.32. The molecule has 1 unspecified atom stereocenters. The van der Waals surface area contributed by atoms with E-state index < -0.39 is 6.04 Å². The summed E-state index contributed by atoms with van der Waals surface area (Å²) in [6.07, 6.45) is 0. The summed E-state index contributed by atoms with van der Waals surface area (Å²) in [5, 5.41) is 7.90. The van der Waals surface area contributed by atoms with E-state index in [2.05, 4.69) is 21.5 Å². The van der Waals surface area contributed by atoms with Gasteiger partial charge in [0.15, 0.2) is 0 Å². The molecule has 5 rings (SSSR count). The molecule has 34 heavy (non-hydrogen) atoms. The second kappa shape index (κ2) is 9.15. The SMILES string of the molecule is CC1=C(c2nc(-c3ccccc3)no2)C(c2cccc(Cl)c2)NC(=O)N1Cc1cccc(C)c1. The quantitative estimate of drug-likeness (QED) is 0.366. The van der Waals surface area contributed by atoms with Crippen LogP contribution in [0.4, 0.5) is 4.79 Å². The minimum Gasteiger partial charge on any atom is -0.334 e. The van der Waals surface area contributed by atoms with Crippen molar-refractivity contribution in [2.45, 2.75) is 26.4 Å². The lowest BCUT2D eigenvalue weighted by atomic mass is 9.94. The van der Waals surface area contributed by atoms with Crippen LogP contribution in [0.15, 0.2) is 89.1 Å². The summed E-state index contributed by atoms with van der Waals surface area (Å²) in [6, 6.07) is 24.5. The molecule has 7 heteroatoms. The van der Waals surface area contributed by atoms with Crippen molar-refractivity contribution in [3.8, 4) is 11.4 Å². The number of rotatable bonds is 5. The monoisotopic (exact) mass is 470 g/mol. The van der Waals surface area contributed by atoms with Crippen LogP contribution >= 0.6 is 11.6 Å². The lowest BCUT2D eigenvalue weighted by Crippen LogP contribution is -2.45. The van der Waals surface area contributed by atoms with Gasteiger partial charge in [-0.15, -0.1) is 0 Å². The predicted molar refractivity (Wildman–Crippen MR) is 132 cm³/mol. The number of nitrogens with one attached hydrogen (secondary N) is 1. The van der Waals surface area contributed by atoms with Crippen molar-refractivity contribution < 1.29 is 9.32 Å². The lowest BCUT2D eigenvalue weighted by molar-refractivity contribution is 0.203. The fraction of sp³-hybridized carbons (Fsp3) is 0.148. The van der Waals surface area contributed by atoms with E-state index in [0.29, 0.717) is 23.3 Å². The van der Waals surface area contributed by atoms with Crippen molar-refractivity contribution in [2.24, 2.45) is 0 Å². The van der Waals surface area contributed by atoms with Gasteiger partial charge in [0.25, 0.3) is 5.89 Å². The number of nitrogens with zero attached hydrogens (tertiary/aromatic N) is 3. The highest BCUT2D eigenvalue weighted by Gasteiger charge is 2.35. The summed E-state index contributed by atoms with van der Waals surface area (Å²) in [4.78, 5) is 19.6. The molecule has 0 radical (unpaired) electrons. The van der Waals surface area contributed by atoms with Crippen LogP contribution in [-0.4, -0.2) is 21.1 Å². The van der Waals surface area contributed by atoms with Gasteiger partial charge in [0.05, 0.1) is 18.2 Å². The first-order valence-corrected chi connectivity index (χ1v) is 11.4. The average molecular weight is 471 g/mol. The highest BCUT2D eigenvalue weighted by atomic mass is 35.5. The molecule has 1 aliphatic rings. The Balaban J connectivity index is 1.61. The van der Waals surface area contributed by atoms with Gasteiger partial charge in [-0.3, -0.25) is 4.90 Å². The summed E-state index contributed by atoms with van der Waals surface area (Å²) < 4.78 is 5.73. The van der Waals surface area contributed by atoms with Crippen LogP contribution in [-0.2, 0) is 6.54 Å². The zero-order valence-corrected chi connectivity index (χ0v) is 19.6. The first-order chi connectivity index (χ1) is 16.5. The molecule has 0 spiro atoms. The summed E-state index contributed by atoms with van der Waals surface area (Å²) in [5.41, 5.74) is 5.35. The van der Waals surface area contributed by atoms with Crippen LogP contribution in [0.1, 0.15) is 35.5 Å². The Bertz CT molecular complexity index is 1380. The van der Waals surface area contributed by atoms with E-state index in [1.807, 2.05) is 80.6 Å². The van der Waals surface area contributed by atoms with Gasteiger partial charge >= 0.3 is 6.03 Å². The molecular formula is C27H23ClN4O2. The number of halogens is 1. The number of aryl methyl sites for hydroxylation is 1. The Labute approximate surface area is 202 Å². The number of hydrogen-bond donors (Lipinski definition) is 1. The number of urea groups is 1. The molecule has 1 N–H and O–H groups in total. The third-order valence-corrected chi connectivity index (χ3v) is 6.13. The third-order valence-electron chi connectivity index (χ3n) is 5.89. The zero-order chi connectivity index (χ0) is 23.7. The van der Waals surface area contributed by atoms with E-state index >= 15 is 0 Å². The Morgan fingerprint density at radius 3 is 2.56 bits per heavy atom. The summed E-state index contributed by atoms with van der Waals surface area (Å²) >= 11 is 6.27. The Hall–Kier alpha value is -3.90. The first-order valence-electron chi connectivity index (χ1n) is 11.0. The smallest absolute Gasteiger partial charge is 0.322 e. The zero-order valence-electron chi connectivity index (χ0n) is 18.8. The standard InChI is InChI=1S/C27H23ClN4O2/c1-17-8-6-9-19(14-17)16-32-18(2)23(24(29-27(32)33)21-12-7-13-22(28)15-21)26-30-25(31-34-26)20-10-4-3-5-11-20/h3-15,24H,16H2,1-2H3,(H,29,33). The number of carbonyl (C=O) groups is 1. The Kier molecular flexibility index (Phi) is 5.90. The molecule has 170 valence electrons. The van der Waals surface area contributed by atoms with E-state index in [0.717, 1.165) is 33.5 Å². The van der Waals surface area contributed by atoms with E-state index in [4.69, 9.17) is 16.1 Å². The first kappa shape index (κ1) is 21.9. The molecule has 1 atom stereocenters. The normalized spacial score (nSPS) is 16.0. The van der Waals surface area contributed by atoms with Crippen molar-refractivity contribution in [1.82, 2.24) is 20.4 Å². The molecule has 0 aliphatic carbocycles. The predicted octanol–water partition coefficient (Wildman–Crippen LogP) is 6.40. The maximum atomic E-state index is 13.2. The Morgan fingerprint density at radius 1 is 1.00 bits per heavy atom. The van der Waals surface area contributed by atoms with Gasteiger partial charge < -0.3 is 9.84 Å². The van der Waals surface area contributed by atoms with E-state index in [1.54, 1.807) is 11.0 Å². The molecule has 0 fully saturated rings. The second-order valence-corrected chi connectivity index (χ2v) is 8.74. The fourth-order valence-corrected chi connectivity index (χ4v) is 4.41. The van der Waals surface area contributed by atoms with E-state index in [-0.39, 0.29) is 6.03 Å². The maximum Gasteiger partial charge on any atom is 0.322 e. The summed E-state index contributed by atoms with van der Waals surface area (Å²) in [5.74, 6) is 0.846. The largest absolute Gasteiger partial charge is 0.334 e. The molecule has 0 bridgehead atoms. The van der Waals surface area contributed by atoms with Gasteiger partial charge in [0, 0.05) is 16.3 Å². The second-order valence-electron chi connectivity index (χ2n) is 8.30. The number of benzene rings is 3. The van der Waals surface area contributed by atoms with Gasteiger partial charge in [-0.05, 0) is 37.1 Å². The number of allylic oxidation sites excluding steroid dienone is 1. The van der Waals surface area contributed by atoms with Crippen LogP contribution in [0.3, 0.4) is 0 Å². The number of aromatic nitrogens is 2. The van der Waals surface area contributed by atoms with Gasteiger partial charge in [-0.1, -0.05) is 89.1 Å². The van der Waals surface area contributed by atoms with E-state index in [9.17, 15) is 4.79 Å².